The van der Waals surface area contributed by atoms with Crippen molar-refractivity contribution in [3.05, 3.63) is 23.1 Å². The summed E-state index contributed by atoms with van der Waals surface area (Å²) in [4.78, 5) is 11.5. The summed E-state index contributed by atoms with van der Waals surface area (Å²) in [6, 6.07) is 3.08. The molecular formula is C10H11Cl2NO2. The van der Waals surface area contributed by atoms with Crippen LogP contribution in [0.15, 0.2) is 16.5 Å². The van der Waals surface area contributed by atoms with Crippen LogP contribution in [0.3, 0.4) is 0 Å². The number of hydrogen-bond acceptors (Lipinski definition) is 2. The topological polar surface area (TPSA) is 42.2 Å². The van der Waals surface area contributed by atoms with Gasteiger partial charge < -0.3 is 9.73 Å². The van der Waals surface area contributed by atoms with E-state index in [0.717, 1.165) is 12.8 Å². The van der Waals surface area contributed by atoms with E-state index in [9.17, 15) is 4.79 Å². The summed E-state index contributed by atoms with van der Waals surface area (Å²) in [5.41, 5.74) is 0. The van der Waals surface area contributed by atoms with Crippen molar-refractivity contribution in [2.24, 2.45) is 5.92 Å². The van der Waals surface area contributed by atoms with Gasteiger partial charge in [-0.15, -0.1) is 11.6 Å². The molecule has 3 nitrogen and oxygen atoms in total. The molecule has 0 aliphatic heterocycles. The van der Waals surface area contributed by atoms with Crippen molar-refractivity contribution in [2.75, 3.05) is 6.54 Å². The zero-order chi connectivity index (χ0) is 10.8. The van der Waals surface area contributed by atoms with Crippen molar-refractivity contribution in [3.8, 4) is 0 Å². The number of carbonyl (C=O) groups is 1. The van der Waals surface area contributed by atoms with Crippen LogP contribution in [0.4, 0.5) is 0 Å². The van der Waals surface area contributed by atoms with Gasteiger partial charge in [0.15, 0.2) is 11.0 Å². The highest BCUT2D eigenvalue weighted by Crippen LogP contribution is 2.35. The van der Waals surface area contributed by atoms with Gasteiger partial charge in [0.25, 0.3) is 5.91 Å². The van der Waals surface area contributed by atoms with Crippen LogP contribution in [0.5, 0.6) is 0 Å². The van der Waals surface area contributed by atoms with Crippen LogP contribution in [0.25, 0.3) is 0 Å². The zero-order valence-electron chi connectivity index (χ0n) is 8.00. The van der Waals surface area contributed by atoms with Crippen molar-refractivity contribution in [3.63, 3.8) is 0 Å². The molecule has 5 heteroatoms. The fraction of sp³-hybridized carbons (Fsp3) is 0.500. The Hall–Kier alpha value is -0.670. The Balaban J connectivity index is 1.81. The van der Waals surface area contributed by atoms with Gasteiger partial charge in [-0.3, -0.25) is 4.79 Å². The zero-order valence-corrected chi connectivity index (χ0v) is 9.52. The normalized spacial score (nSPS) is 17.5. The minimum Gasteiger partial charge on any atom is -0.440 e. The van der Waals surface area contributed by atoms with E-state index in [1.807, 2.05) is 0 Å². The quantitative estimate of drug-likeness (QED) is 0.832. The van der Waals surface area contributed by atoms with Gasteiger partial charge in [0, 0.05) is 6.54 Å². The number of rotatable bonds is 4. The average Bonchev–Trinajstić information content (AvgIpc) is 2.97. The van der Waals surface area contributed by atoms with E-state index in [2.05, 4.69) is 5.32 Å². The molecule has 1 saturated carbocycles. The number of halogens is 2. The highest BCUT2D eigenvalue weighted by Gasteiger charge is 2.29. The minimum absolute atomic E-state index is 0.0272. The van der Waals surface area contributed by atoms with Crippen LogP contribution in [0.2, 0.25) is 5.22 Å². The van der Waals surface area contributed by atoms with E-state index in [-0.39, 0.29) is 22.3 Å². The van der Waals surface area contributed by atoms with Crippen LogP contribution >= 0.6 is 23.2 Å². The standard InChI is InChI=1S/C10H11Cl2NO2/c11-7(6-1-2-6)5-13-10(14)8-3-4-9(12)15-8/h3-4,6-7H,1-2,5H2,(H,13,14). The van der Waals surface area contributed by atoms with Crippen LogP contribution in [0.1, 0.15) is 23.4 Å². The number of hydrogen-bond donors (Lipinski definition) is 1. The Labute approximate surface area is 97.7 Å². The van der Waals surface area contributed by atoms with E-state index in [1.165, 1.54) is 12.1 Å². The van der Waals surface area contributed by atoms with Gasteiger partial charge in [-0.05, 0) is 42.5 Å². The van der Waals surface area contributed by atoms with Gasteiger partial charge in [-0.1, -0.05) is 0 Å². The molecule has 1 fully saturated rings. The number of furan rings is 1. The summed E-state index contributed by atoms with van der Waals surface area (Å²) in [5.74, 6) is 0.514. The molecule has 1 aliphatic carbocycles. The Morgan fingerprint density at radius 1 is 1.60 bits per heavy atom. The van der Waals surface area contributed by atoms with Gasteiger partial charge in [0.1, 0.15) is 0 Å². The number of nitrogens with one attached hydrogen (secondary N) is 1. The molecule has 0 spiro atoms. The van der Waals surface area contributed by atoms with E-state index in [0.29, 0.717) is 12.5 Å². The molecule has 1 atom stereocenters. The lowest BCUT2D eigenvalue weighted by Crippen LogP contribution is -2.30. The second-order valence-electron chi connectivity index (χ2n) is 3.67. The second-order valence-corrected chi connectivity index (χ2v) is 4.60. The second kappa shape index (κ2) is 4.45. The predicted octanol–water partition coefficient (Wildman–Crippen LogP) is 2.68. The maximum absolute atomic E-state index is 11.5. The third-order valence-electron chi connectivity index (χ3n) is 2.39. The first-order valence-corrected chi connectivity index (χ1v) is 5.66. The van der Waals surface area contributed by atoms with E-state index in [1.54, 1.807) is 0 Å². The van der Waals surface area contributed by atoms with Crippen LogP contribution in [-0.2, 0) is 0 Å². The first-order valence-electron chi connectivity index (χ1n) is 4.84. The predicted molar refractivity (Wildman–Crippen MR) is 58.4 cm³/mol. The van der Waals surface area contributed by atoms with Crippen molar-refractivity contribution in [1.29, 1.82) is 0 Å². The summed E-state index contributed by atoms with van der Waals surface area (Å²) >= 11 is 11.6. The van der Waals surface area contributed by atoms with Gasteiger partial charge in [0.2, 0.25) is 0 Å². The Kier molecular flexibility index (Phi) is 3.22. The molecule has 1 aliphatic rings. The lowest BCUT2D eigenvalue weighted by molar-refractivity contribution is 0.0925. The lowest BCUT2D eigenvalue weighted by atomic mass is 10.3. The minimum atomic E-state index is -0.270. The molecule has 1 amide bonds. The van der Waals surface area contributed by atoms with Crippen molar-refractivity contribution < 1.29 is 9.21 Å². The Bertz CT molecular complexity index is 360. The Morgan fingerprint density at radius 3 is 2.87 bits per heavy atom. The molecular weight excluding hydrogens is 237 g/mol. The molecule has 1 unspecified atom stereocenters. The molecule has 0 aromatic carbocycles. The molecule has 0 saturated heterocycles. The third kappa shape index (κ3) is 2.89. The van der Waals surface area contributed by atoms with E-state index in [4.69, 9.17) is 27.6 Å². The highest BCUT2D eigenvalue weighted by molar-refractivity contribution is 6.29. The molecule has 0 bridgehead atoms. The summed E-state index contributed by atoms with van der Waals surface area (Å²) in [7, 11) is 0. The van der Waals surface area contributed by atoms with E-state index < -0.39 is 0 Å². The maximum atomic E-state index is 11.5. The molecule has 2 rings (SSSR count). The molecule has 0 radical (unpaired) electrons. The lowest BCUT2D eigenvalue weighted by Gasteiger charge is -2.07. The molecule has 15 heavy (non-hydrogen) atoms. The summed E-state index contributed by atoms with van der Waals surface area (Å²) in [6.45, 7) is 0.476. The van der Waals surface area contributed by atoms with Gasteiger partial charge in [-0.2, -0.15) is 0 Å². The van der Waals surface area contributed by atoms with Gasteiger partial charge in [0.05, 0.1) is 5.38 Å². The summed E-state index contributed by atoms with van der Waals surface area (Å²) < 4.78 is 4.96. The fourth-order valence-electron chi connectivity index (χ4n) is 1.34. The fourth-order valence-corrected chi connectivity index (χ4v) is 1.81. The van der Waals surface area contributed by atoms with E-state index >= 15 is 0 Å². The molecule has 1 aromatic rings. The van der Waals surface area contributed by atoms with Crippen LogP contribution in [0, 0.1) is 5.92 Å². The molecule has 1 aromatic heterocycles. The Morgan fingerprint density at radius 2 is 2.33 bits per heavy atom. The van der Waals surface area contributed by atoms with Gasteiger partial charge in [-0.25, -0.2) is 0 Å². The number of alkyl halides is 1. The monoisotopic (exact) mass is 247 g/mol. The van der Waals surface area contributed by atoms with Crippen molar-refractivity contribution in [2.45, 2.75) is 18.2 Å². The van der Waals surface area contributed by atoms with Gasteiger partial charge >= 0.3 is 0 Å². The van der Waals surface area contributed by atoms with Crippen LogP contribution < -0.4 is 5.32 Å². The molecule has 1 heterocycles. The molecule has 1 N–H and O–H groups in total. The smallest absolute Gasteiger partial charge is 0.287 e. The number of carbonyl (C=O) groups excluding carboxylic acids is 1. The third-order valence-corrected chi connectivity index (χ3v) is 3.10. The summed E-state index contributed by atoms with van der Waals surface area (Å²) in [5, 5.41) is 2.95. The first kappa shape index (κ1) is 10.8. The first-order chi connectivity index (χ1) is 7.16. The largest absolute Gasteiger partial charge is 0.440 e. The highest BCUT2D eigenvalue weighted by atomic mass is 35.5. The van der Waals surface area contributed by atoms with Crippen LogP contribution in [-0.4, -0.2) is 17.8 Å². The SMILES string of the molecule is O=C(NCC(Cl)C1CC1)c1ccc(Cl)o1. The summed E-state index contributed by atoms with van der Waals surface area (Å²) in [6.07, 6.45) is 2.33. The van der Waals surface area contributed by atoms with Crippen molar-refractivity contribution in [1.82, 2.24) is 5.32 Å². The maximum Gasteiger partial charge on any atom is 0.287 e. The average molecular weight is 248 g/mol. The number of amides is 1. The van der Waals surface area contributed by atoms with Crippen molar-refractivity contribution >= 4 is 29.1 Å². The molecule has 82 valence electrons.